The van der Waals surface area contributed by atoms with Crippen LogP contribution in [0.2, 0.25) is 0 Å². The van der Waals surface area contributed by atoms with Crippen LogP contribution >= 0.6 is 0 Å². The minimum Gasteiger partial charge on any atom is -0.480 e. The van der Waals surface area contributed by atoms with E-state index in [0.29, 0.717) is 12.2 Å². The van der Waals surface area contributed by atoms with Crippen molar-refractivity contribution in [3.63, 3.8) is 0 Å². The highest BCUT2D eigenvalue weighted by atomic mass is 16.4. The highest BCUT2D eigenvalue weighted by Crippen LogP contribution is 2.13. The van der Waals surface area contributed by atoms with Crippen LogP contribution in [-0.2, 0) is 11.3 Å². The summed E-state index contributed by atoms with van der Waals surface area (Å²) in [6, 6.07) is 1.55. The molecule has 30 heavy (non-hydrogen) atoms. The number of rotatable bonds is 20. The topological polar surface area (TPSA) is 84.2 Å². The molecule has 0 aliphatic carbocycles. The summed E-state index contributed by atoms with van der Waals surface area (Å²) in [5, 5.41) is 15.6. The third-order valence-electron chi connectivity index (χ3n) is 5.55. The van der Waals surface area contributed by atoms with E-state index in [2.05, 4.69) is 17.3 Å². The molecule has 0 atom stereocenters. The van der Waals surface area contributed by atoms with Gasteiger partial charge in [0.2, 0.25) is 0 Å². The molecule has 0 spiro atoms. The zero-order valence-corrected chi connectivity index (χ0v) is 19.0. The summed E-state index contributed by atoms with van der Waals surface area (Å²) in [5.41, 5.74) is 0.300. The Morgan fingerprint density at radius 1 is 0.833 bits per heavy atom. The van der Waals surface area contributed by atoms with E-state index in [1.54, 1.807) is 6.07 Å². The zero-order chi connectivity index (χ0) is 21.9. The van der Waals surface area contributed by atoms with Gasteiger partial charge in [-0.05, 0) is 12.5 Å². The number of hydrogen-bond acceptors (Lipinski definition) is 3. The van der Waals surface area contributed by atoms with Crippen LogP contribution in [0.25, 0.3) is 0 Å². The van der Waals surface area contributed by atoms with Crippen molar-refractivity contribution in [3.8, 4) is 0 Å². The van der Waals surface area contributed by atoms with Gasteiger partial charge in [-0.25, -0.2) is 4.68 Å². The fourth-order valence-corrected chi connectivity index (χ4v) is 3.75. The summed E-state index contributed by atoms with van der Waals surface area (Å²) in [6.45, 7) is 2.59. The first-order chi connectivity index (χ1) is 14.6. The van der Waals surface area contributed by atoms with Crippen LogP contribution in [0, 0.1) is 0 Å². The lowest BCUT2D eigenvalue weighted by molar-refractivity contribution is -0.137. The predicted octanol–water partition coefficient (Wildman–Crippen LogP) is 5.96. The van der Waals surface area contributed by atoms with Gasteiger partial charge in [0.25, 0.3) is 5.91 Å². The number of unbranched alkanes of at least 4 members (excludes halogenated alkanes) is 15. The molecule has 0 aromatic carbocycles. The van der Waals surface area contributed by atoms with Crippen LogP contribution < -0.4 is 5.32 Å². The van der Waals surface area contributed by atoms with Gasteiger partial charge < -0.3 is 10.4 Å². The molecule has 1 amide bonds. The SMILES string of the molecule is CCCCCCCCCCCCCCCCCCNC(=O)c1ccnn1CC(=O)O. The van der Waals surface area contributed by atoms with Gasteiger partial charge in [-0.15, -0.1) is 0 Å². The van der Waals surface area contributed by atoms with Crippen LogP contribution in [0.3, 0.4) is 0 Å². The van der Waals surface area contributed by atoms with E-state index in [0.717, 1.165) is 12.8 Å². The molecule has 1 aromatic rings. The van der Waals surface area contributed by atoms with Crippen LogP contribution in [-0.4, -0.2) is 33.3 Å². The van der Waals surface area contributed by atoms with Crippen LogP contribution in [0.1, 0.15) is 120 Å². The van der Waals surface area contributed by atoms with Crippen molar-refractivity contribution in [2.45, 2.75) is 116 Å². The Kier molecular flexibility index (Phi) is 15.7. The molecule has 0 fully saturated rings. The van der Waals surface area contributed by atoms with Gasteiger partial charge in [0.05, 0.1) is 0 Å². The lowest BCUT2D eigenvalue weighted by atomic mass is 10.0. The molecule has 6 heteroatoms. The van der Waals surface area contributed by atoms with Gasteiger partial charge >= 0.3 is 5.97 Å². The number of nitrogens with one attached hydrogen (secondary N) is 1. The molecular formula is C24H43N3O3. The summed E-state index contributed by atoms with van der Waals surface area (Å²) in [6.07, 6.45) is 22.7. The minimum absolute atomic E-state index is 0.255. The molecule has 1 rings (SSSR count). The van der Waals surface area contributed by atoms with Crippen LogP contribution in [0.4, 0.5) is 0 Å². The first-order valence-electron chi connectivity index (χ1n) is 12.2. The highest BCUT2D eigenvalue weighted by Gasteiger charge is 2.13. The second kappa shape index (κ2) is 18.0. The smallest absolute Gasteiger partial charge is 0.325 e. The monoisotopic (exact) mass is 421 g/mol. The van der Waals surface area contributed by atoms with Gasteiger partial charge in [-0.1, -0.05) is 103 Å². The average Bonchev–Trinajstić information content (AvgIpc) is 3.17. The number of amides is 1. The van der Waals surface area contributed by atoms with E-state index < -0.39 is 5.97 Å². The number of aliphatic carboxylic acids is 1. The molecule has 0 aliphatic rings. The minimum atomic E-state index is -1.01. The summed E-state index contributed by atoms with van der Waals surface area (Å²) in [4.78, 5) is 22.9. The Bertz CT molecular complexity index is 572. The van der Waals surface area contributed by atoms with E-state index >= 15 is 0 Å². The van der Waals surface area contributed by atoms with Crippen LogP contribution in [0.5, 0.6) is 0 Å². The summed E-state index contributed by atoms with van der Waals surface area (Å²) in [7, 11) is 0. The fraction of sp³-hybridized carbons (Fsp3) is 0.792. The molecule has 6 nitrogen and oxygen atoms in total. The molecule has 2 N–H and O–H groups in total. The van der Waals surface area contributed by atoms with Gasteiger partial charge in [0.1, 0.15) is 12.2 Å². The molecule has 172 valence electrons. The first-order valence-corrected chi connectivity index (χ1v) is 12.2. The molecule has 0 aliphatic heterocycles. The maximum Gasteiger partial charge on any atom is 0.325 e. The lowest BCUT2D eigenvalue weighted by Gasteiger charge is -2.07. The van der Waals surface area contributed by atoms with E-state index in [9.17, 15) is 9.59 Å². The number of nitrogens with zero attached hydrogens (tertiary/aromatic N) is 2. The highest BCUT2D eigenvalue weighted by molar-refractivity contribution is 5.92. The Balaban J connectivity index is 1.86. The maximum atomic E-state index is 12.1. The van der Waals surface area contributed by atoms with Crippen molar-refractivity contribution in [1.82, 2.24) is 15.1 Å². The molecule has 0 unspecified atom stereocenters. The maximum absolute atomic E-state index is 12.1. The molecule has 0 saturated heterocycles. The van der Waals surface area contributed by atoms with Crippen molar-refractivity contribution in [1.29, 1.82) is 0 Å². The normalized spacial score (nSPS) is 11.0. The van der Waals surface area contributed by atoms with Crippen molar-refractivity contribution in [2.24, 2.45) is 0 Å². The Morgan fingerprint density at radius 2 is 1.30 bits per heavy atom. The van der Waals surface area contributed by atoms with Crippen molar-refractivity contribution < 1.29 is 14.7 Å². The van der Waals surface area contributed by atoms with Crippen molar-refractivity contribution in [3.05, 3.63) is 18.0 Å². The number of carboxylic acid groups (broad SMARTS) is 1. The van der Waals surface area contributed by atoms with E-state index in [1.165, 1.54) is 101 Å². The first kappa shape index (κ1) is 26.2. The zero-order valence-electron chi connectivity index (χ0n) is 19.0. The molecule has 0 saturated carbocycles. The molecule has 1 aromatic heterocycles. The number of carbonyl (C=O) groups excluding carboxylic acids is 1. The predicted molar refractivity (Wildman–Crippen MR) is 122 cm³/mol. The molecule has 0 bridgehead atoms. The van der Waals surface area contributed by atoms with Gasteiger partial charge in [0, 0.05) is 12.7 Å². The Labute approximate surface area is 182 Å². The summed E-state index contributed by atoms with van der Waals surface area (Å²) < 4.78 is 1.21. The quantitative estimate of drug-likeness (QED) is 0.254. The Hall–Kier alpha value is -1.85. The largest absolute Gasteiger partial charge is 0.480 e. The van der Waals surface area contributed by atoms with E-state index in [4.69, 9.17) is 5.11 Å². The van der Waals surface area contributed by atoms with Crippen molar-refractivity contribution >= 4 is 11.9 Å². The second-order valence-corrected chi connectivity index (χ2v) is 8.33. The second-order valence-electron chi connectivity index (χ2n) is 8.33. The molecule has 1 heterocycles. The number of carboxylic acids is 1. The third-order valence-corrected chi connectivity index (χ3v) is 5.55. The standard InChI is InChI=1S/C24H43N3O3/c1-2-3-4-5-6-7-8-9-10-11-12-13-14-15-16-17-19-25-24(30)22-18-20-26-27(22)21-23(28)29/h18,20H,2-17,19,21H2,1H3,(H,25,30)(H,28,29). The third kappa shape index (κ3) is 13.4. The van der Waals surface area contributed by atoms with Gasteiger partial charge in [-0.3, -0.25) is 9.59 Å². The van der Waals surface area contributed by atoms with Gasteiger partial charge in [0.15, 0.2) is 0 Å². The summed E-state index contributed by atoms with van der Waals surface area (Å²) in [5.74, 6) is -1.26. The van der Waals surface area contributed by atoms with Gasteiger partial charge in [-0.2, -0.15) is 5.10 Å². The lowest BCUT2D eigenvalue weighted by Crippen LogP contribution is -2.28. The van der Waals surface area contributed by atoms with Crippen molar-refractivity contribution in [2.75, 3.05) is 6.54 Å². The summed E-state index contributed by atoms with van der Waals surface area (Å²) >= 11 is 0. The van der Waals surface area contributed by atoms with E-state index in [1.807, 2.05) is 0 Å². The number of carbonyl (C=O) groups is 2. The number of aromatic nitrogens is 2. The number of hydrogen-bond donors (Lipinski definition) is 2. The molecular weight excluding hydrogens is 378 g/mol. The van der Waals surface area contributed by atoms with Crippen LogP contribution in [0.15, 0.2) is 12.3 Å². The average molecular weight is 422 g/mol. The fourth-order valence-electron chi connectivity index (χ4n) is 3.75. The molecule has 0 radical (unpaired) electrons. The van der Waals surface area contributed by atoms with E-state index in [-0.39, 0.29) is 12.5 Å². The Morgan fingerprint density at radius 3 is 1.77 bits per heavy atom.